The summed E-state index contributed by atoms with van der Waals surface area (Å²) in [4.78, 5) is 2.23. The molecule has 148 valence electrons. The van der Waals surface area contributed by atoms with Crippen molar-refractivity contribution in [3.8, 4) is 6.07 Å². The van der Waals surface area contributed by atoms with Crippen LogP contribution in [0.4, 0.5) is 13.2 Å². The third kappa shape index (κ3) is 5.32. The molecule has 0 bridgehead atoms. The van der Waals surface area contributed by atoms with E-state index in [4.69, 9.17) is 10.00 Å². The molecule has 0 aromatic heterocycles. The second kappa shape index (κ2) is 9.20. The van der Waals surface area contributed by atoms with Crippen LogP contribution in [0.15, 0.2) is 48.5 Å². The lowest BCUT2D eigenvalue weighted by Crippen LogP contribution is -2.42. The van der Waals surface area contributed by atoms with E-state index in [1.165, 1.54) is 0 Å². The van der Waals surface area contributed by atoms with Gasteiger partial charge in [-0.05, 0) is 35.4 Å². The Morgan fingerprint density at radius 1 is 1.11 bits per heavy atom. The third-order valence-electron chi connectivity index (χ3n) is 4.83. The molecule has 0 amide bonds. The number of hydrogen-bond donors (Lipinski definition) is 1. The van der Waals surface area contributed by atoms with Gasteiger partial charge in [0.05, 0.1) is 30.4 Å². The number of halogens is 3. The number of hydrogen-bond acceptors (Lipinski definition) is 4. The molecule has 0 aliphatic carbocycles. The first-order valence-electron chi connectivity index (χ1n) is 9.16. The Morgan fingerprint density at radius 2 is 1.82 bits per heavy atom. The zero-order valence-electron chi connectivity index (χ0n) is 15.4. The summed E-state index contributed by atoms with van der Waals surface area (Å²) in [6.07, 6.45) is -4.34. The van der Waals surface area contributed by atoms with Crippen molar-refractivity contribution in [3.63, 3.8) is 0 Å². The standard InChI is InChI=1S/C21H22F3N3O/c22-21(23,24)19-6-4-18(5-7-19)20(27-8-10-28-11-9-27)15-26-14-17-3-1-2-16(12-17)13-25/h1-7,12,20,26H,8-11,14-15H2. The second-order valence-corrected chi connectivity index (χ2v) is 6.73. The predicted octanol–water partition coefficient (Wildman–Crippen LogP) is 3.74. The third-order valence-corrected chi connectivity index (χ3v) is 4.83. The van der Waals surface area contributed by atoms with Crippen LogP contribution in [0.3, 0.4) is 0 Å². The number of alkyl halides is 3. The first kappa shape index (κ1) is 20.3. The van der Waals surface area contributed by atoms with Gasteiger partial charge in [0, 0.05) is 32.2 Å². The highest BCUT2D eigenvalue weighted by molar-refractivity contribution is 5.32. The lowest BCUT2D eigenvalue weighted by atomic mass is 10.0. The quantitative estimate of drug-likeness (QED) is 0.818. The number of ether oxygens (including phenoxy) is 1. The zero-order valence-corrected chi connectivity index (χ0v) is 15.4. The fraction of sp³-hybridized carbons (Fsp3) is 0.381. The van der Waals surface area contributed by atoms with E-state index in [-0.39, 0.29) is 6.04 Å². The summed E-state index contributed by atoms with van der Waals surface area (Å²) in [6, 6.07) is 14.8. The van der Waals surface area contributed by atoms with Gasteiger partial charge in [0.25, 0.3) is 0 Å². The van der Waals surface area contributed by atoms with Gasteiger partial charge in [0.2, 0.25) is 0 Å². The SMILES string of the molecule is N#Cc1cccc(CNCC(c2ccc(C(F)(F)F)cc2)N2CCOCC2)c1. The van der Waals surface area contributed by atoms with Crippen LogP contribution in [0.2, 0.25) is 0 Å². The smallest absolute Gasteiger partial charge is 0.379 e. The fourth-order valence-electron chi connectivity index (χ4n) is 3.35. The zero-order chi connectivity index (χ0) is 20.0. The molecule has 7 heteroatoms. The van der Waals surface area contributed by atoms with Crippen molar-refractivity contribution < 1.29 is 17.9 Å². The van der Waals surface area contributed by atoms with E-state index < -0.39 is 11.7 Å². The van der Waals surface area contributed by atoms with Gasteiger partial charge in [-0.2, -0.15) is 18.4 Å². The van der Waals surface area contributed by atoms with Crippen molar-refractivity contribution in [2.75, 3.05) is 32.8 Å². The average Bonchev–Trinajstić information content (AvgIpc) is 2.71. The molecule has 2 aromatic carbocycles. The van der Waals surface area contributed by atoms with Gasteiger partial charge >= 0.3 is 6.18 Å². The normalized spacial score (nSPS) is 16.5. The van der Waals surface area contributed by atoms with Gasteiger partial charge in [-0.1, -0.05) is 24.3 Å². The molecule has 1 unspecified atom stereocenters. The van der Waals surface area contributed by atoms with Crippen LogP contribution in [0.25, 0.3) is 0 Å². The van der Waals surface area contributed by atoms with Crippen molar-refractivity contribution >= 4 is 0 Å². The Bertz CT molecular complexity index is 809. The Hall–Kier alpha value is -2.40. The molecule has 28 heavy (non-hydrogen) atoms. The highest BCUT2D eigenvalue weighted by Crippen LogP contribution is 2.31. The minimum Gasteiger partial charge on any atom is -0.379 e. The summed E-state index contributed by atoms with van der Waals surface area (Å²) in [6.45, 7) is 3.86. The van der Waals surface area contributed by atoms with Gasteiger partial charge < -0.3 is 10.1 Å². The van der Waals surface area contributed by atoms with E-state index in [0.717, 1.165) is 36.3 Å². The molecule has 1 N–H and O–H groups in total. The summed E-state index contributed by atoms with van der Waals surface area (Å²) in [5.74, 6) is 0. The molecule has 3 rings (SSSR count). The van der Waals surface area contributed by atoms with Crippen LogP contribution in [-0.4, -0.2) is 37.7 Å². The largest absolute Gasteiger partial charge is 0.416 e. The number of nitriles is 1. The van der Waals surface area contributed by atoms with Crippen LogP contribution in [0.1, 0.15) is 28.3 Å². The average molecular weight is 389 g/mol. The van der Waals surface area contributed by atoms with E-state index in [1.54, 1.807) is 18.2 Å². The Balaban J connectivity index is 1.71. The molecular weight excluding hydrogens is 367 g/mol. The molecular formula is C21H22F3N3O. The highest BCUT2D eigenvalue weighted by Gasteiger charge is 2.31. The Morgan fingerprint density at radius 3 is 2.46 bits per heavy atom. The van der Waals surface area contributed by atoms with Crippen LogP contribution in [-0.2, 0) is 17.5 Å². The minimum atomic E-state index is -4.34. The van der Waals surface area contributed by atoms with Crippen molar-refractivity contribution in [2.45, 2.75) is 18.8 Å². The van der Waals surface area contributed by atoms with Gasteiger partial charge in [0.1, 0.15) is 0 Å². The molecule has 1 heterocycles. The molecule has 1 aliphatic heterocycles. The number of morpholine rings is 1. The summed E-state index contributed by atoms with van der Waals surface area (Å²) in [7, 11) is 0. The van der Waals surface area contributed by atoms with E-state index in [0.29, 0.717) is 31.9 Å². The lowest BCUT2D eigenvalue weighted by Gasteiger charge is -2.35. The monoisotopic (exact) mass is 389 g/mol. The topological polar surface area (TPSA) is 48.3 Å². The van der Waals surface area contributed by atoms with E-state index in [9.17, 15) is 13.2 Å². The molecule has 1 fully saturated rings. The summed E-state index contributed by atoms with van der Waals surface area (Å²) in [5, 5.41) is 12.4. The maximum absolute atomic E-state index is 12.9. The van der Waals surface area contributed by atoms with Crippen LogP contribution in [0.5, 0.6) is 0 Å². The maximum atomic E-state index is 12.9. The number of nitrogens with zero attached hydrogens (tertiary/aromatic N) is 2. The number of nitrogens with one attached hydrogen (secondary N) is 1. The summed E-state index contributed by atoms with van der Waals surface area (Å²) in [5.41, 5.74) is 1.80. The molecule has 1 aliphatic rings. The highest BCUT2D eigenvalue weighted by atomic mass is 19.4. The molecule has 0 saturated carbocycles. The van der Waals surface area contributed by atoms with E-state index in [2.05, 4.69) is 16.3 Å². The predicted molar refractivity (Wildman–Crippen MR) is 99.4 cm³/mol. The first-order valence-corrected chi connectivity index (χ1v) is 9.16. The fourth-order valence-corrected chi connectivity index (χ4v) is 3.35. The van der Waals surface area contributed by atoms with Crippen LogP contribution < -0.4 is 5.32 Å². The number of benzene rings is 2. The van der Waals surface area contributed by atoms with Gasteiger partial charge in [-0.3, -0.25) is 4.90 Å². The maximum Gasteiger partial charge on any atom is 0.416 e. The van der Waals surface area contributed by atoms with Crippen molar-refractivity contribution in [1.82, 2.24) is 10.2 Å². The van der Waals surface area contributed by atoms with Crippen molar-refractivity contribution in [3.05, 3.63) is 70.8 Å². The van der Waals surface area contributed by atoms with Crippen molar-refractivity contribution in [2.24, 2.45) is 0 Å². The van der Waals surface area contributed by atoms with E-state index in [1.807, 2.05) is 18.2 Å². The minimum absolute atomic E-state index is 0.0506. The lowest BCUT2D eigenvalue weighted by molar-refractivity contribution is -0.137. The van der Waals surface area contributed by atoms with Crippen LogP contribution >= 0.6 is 0 Å². The molecule has 0 spiro atoms. The van der Waals surface area contributed by atoms with Gasteiger partial charge in [-0.25, -0.2) is 0 Å². The second-order valence-electron chi connectivity index (χ2n) is 6.73. The molecule has 2 aromatic rings. The molecule has 4 nitrogen and oxygen atoms in total. The molecule has 1 saturated heterocycles. The molecule has 1 atom stereocenters. The van der Waals surface area contributed by atoms with Gasteiger partial charge in [0.15, 0.2) is 0 Å². The van der Waals surface area contributed by atoms with Crippen molar-refractivity contribution in [1.29, 1.82) is 5.26 Å². The number of rotatable bonds is 6. The van der Waals surface area contributed by atoms with Gasteiger partial charge in [-0.15, -0.1) is 0 Å². The van der Waals surface area contributed by atoms with E-state index >= 15 is 0 Å². The first-order chi connectivity index (χ1) is 13.5. The van der Waals surface area contributed by atoms with Crippen LogP contribution in [0, 0.1) is 11.3 Å². The Kier molecular flexibility index (Phi) is 6.68. The summed E-state index contributed by atoms with van der Waals surface area (Å²) >= 11 is 0. The summed E-state index contributed by atoms with van der Waals surface area (Å²) < 4.78 is 44.0. The Labute approximate surface area is 162 Å². The molecule has 0 radical (unpaired) electrons.